The van der Waals surface area contributed by atoms with Crippen molar-refractivity contribution in [2.45, 2.75) is 52.1 Å². The van der Waals surface area contributed by atoms with Crippen molar-refractivity contribution in [3.05, 3.63) is 47.6 Å². The maximum absolute atomic E-state index is 12.1. The number of allylic oxidation sites excluding steroid dienone is 1. The number of rotatable bonds is 9. The fourth-order valence-corrected chi connectivity index (χ4v) is 2.95. The molecule has 0 saturated carbocycles. The van der Waals surface area contributed by atoms with Crippen LogP contribution in [0.3, 0.4) is 0 Å². The quantitative estimate of drug-likeness (QED) is 0.404. The Bertz CT molecular complexity index is 693. The van der Waals surface area contributed by atoms with Gasteiger partial charge < -0.3 is 14.8 Å². The molecule has 0 radical (unpaired) electrons. The van der Waals surface area contributed by atoms with Crippen LogP contribution in [-0.4, -0.2) is 31.1 Å². The van der Waals surface area contributed by atoms with Crippen LogP contribution >= 0.6 is 0 Å². The smallest absolute Gasteiger partial charge is 0.331 e. The Morgan fingerprint density at radius 3 is 2.81 bits per heavy atom. The van der Waals surface area contributed by atoms with E-state index in [1.165, 1.54) is 24.5 Å². The standard InChI is InChI=1S/C22H29NO4/c1-3-26-20-12-8-7-11-19(20)13-14-21(24)27-17(2)22(25)23-16-15-18-9-5-4-6-10-18/h7-9,11-14,17H,3-6,10,15-16H2,1-2H3,(H,23,25)/b14-13+/t17-/m1/s1. The van der Waals surface area contributed by atoms with Crippen molar-refractivity contribution < 1.29 is 19.1 Å². The van der Waals surface area contributed by atoms with Crippen molar-refractivity contribution in [2.75, 3.05) is 13.2 Å². The van der Waals surface area contributed by atoms with Crippen molar-refractivity contribution >= 4 is 18.0 Å². The number of carbonyl (C=O) groups excluding carboxylic acids is 2. The zero-order valence-corrected chi connectivity index (χ0v) is 16.2. The van der Waals surface area contributed by atoms with Crippen LogP contribution in [0.25, 0.3) is 6.08 Å². The van der Waals surface area contributed by atoms with Gasteiger partial charge in [0.05, 0.1) is 6.61 Å². The van der Waals surface area contributed by atoms with Crippen LogP contribution in [0.1, 0.15) is 51.5 Å². The fourth-order valence-electron chi connectivity index (χ4n) is 2.95. The summed E-state index contributed by atoms with van der Waals surface area (Å²) in [5, 5.41) is 2.83. The predicted molar refractivity (Wildman–Crippen MR) is 106 cm³/mol. The van der Waals surface area contributed by atoms with Crippen LogP contribution in [0.4, 0.5) is 0 Å². The summed E-state index contributed by atoms with van der Waals surface area (Å²) in [5.74, 6) is -0.131. The van der Waals surface area contributed by atoms with Gasteiger partial charge in [0.15, 0.2) is 6.10 Å². The lowest BCUT2D eigenvalue weighted by Crippen LogP contribution is -2.36. The number of hydrogen-bond donors (Lipinski definition) is 1. The number of hydrogen-bond acceptors (Lipinski definition) is 4. The Balaban J connectivity index is 1.77. The predicted octanol–water partition coefficient (Wildman–Crippen LogP) is 4.04. The summed E-state index contributed by atoms with van der Waals surface area (Å²) >= 11 is 0. The lowest BCUT2D eigenvalue weighted by atomic mass is 9.97. The molecule has 1 atom stereocenters. The van der Waals surface area contributed by atoms with Gasteiger partial charge in [0.1, 0.15) is 5.75 Å². The number of nitrogens with one attached hydrogen (secondary N) is 1. The zero-order chi connectivity index (χ0) is 19.5. The lowest BCUT2D eigenvalue weighted by Gasteiger charge is -2.15. The third-order valence-corrected chi connectivity index (χ3v) is 4.41. The summed E-state index contributed by atoms with van der Waals surface area (Å²) in [7, 11) is 0. The van der Waals surface area contributed by atoms with Crippen LogP contribution in [0.15, 0.2) is 42.0 Å². The van der Waals surface area contributed by atoms with Crippen LogP contribution in [0.5, 0.6) is 5.75 Å². The third-order valence-electron chi connectivity index (χ3n) is 4.41. The maximum atomic E-state index is 12.1. The van der Waals surface area contributed by atoms with E-state index in [-0.39, 0.29) is 5.91 Å². The van der Waals surface area contributed by atoms with Crippen LogP contribution in [0, 0.1) is 0 Å². The molecule has 27 heavy (non-hydrogen) atoms. The van der Waals surface area contributed by atoms with Crippen molar-refractivity contribution in [1.82, 2.24) is 5.32 Å². The molecule has 1 aliphatic rings. The summed E-state index contributed by atoms with van der Waals surface area (Å²) in [6.07, 6.45) is 9.99. The minimum Gasteiger partial charge on any atom is -0.493 e. The molecular formula is C22H29NO4. The molecule has 5 nitrogen and oxygen atoms in total. The zero-order valence-electron chi connectivity index (χ0n) is 16.2. The van der Waals surface area contributed by atoms with Gasteiger partial charge in [0.25, 0.3) is 5.91 Å². The van der Waals surface area contributed by atoms with Gasteiger partial charge >= 0.3 is 5.97 Å². The Morgan fingerprint density at radius 2 is 2.07 bits per heavy atom. The number of benzene rings is 1. The van der Waals surface area contributed by atoms with Crippen LogP contribution < -0.4 is 10.1 Å². The molecular weight excluding hydrogens is 342 g/mol. The Labute approximate surface area is 161 Å². The van der Waals surface area contributed by atoms with Crippen molar-refractivity contribution in [1.29, 1.82) is 0 Å². The van der Waals surface area contributed by atoms with Crippen molar-refractivity contribution in [3.8, 4) is 5.75 Å². The molecule has 0 fully saturated rings. The second-order valence-electron chi connectivity index (χ2n) is 6.53. The van der Waals surface area contributed by atoms with Gasteiger partial charge in [-0.05, 0) is 58.1 Å². The second kappa shape index (κ2) is 11.2. The van der Waals surface area contributed by atoms with E-state index >= 15 is 0 Å². The average Bonchev–Trinajstić information content (AvgIpc) is 2.68. The van der Waals surface area contributed by atoms with Crippen LogP contribution in [-0.2, 0) is 14.3 Å². The van der Waals surface area contributed by atoms with E-state index in [1.807, 2.05) is 31.2 Å². The highest BCUT2D eigenvalue weighted by atomic mass is 16.5. The monoisotopic (exact) mass is 371 g/mol. The molecule has 1 aliphatic carbocycles. The van der Waals surface area contributed by atoms with E-state index in [4.69, 9.17) is 9.47 Å². The highest BCUT2D eigenvalue weighted by molar-refractivity contribution is 5.90. The fraction of sp³-hybridized carbons (Fsp3) is 0.455. The molecule has 5 heteroatoms. The molecule has 1 N–H and O–H groups in total. The molecule has 0 aliphatic heterocycles. The first kappa shape index (κ1) is 20.7. The molecule has 1 aromatic carbocycles. The Hall–Kier alpha value is -2.56. The minimum absolute atomic E-state index is 0.275. The van der Waals surface area contributed by atoms with Gasteiger partial charge in [-0.2, -0.15) is 0 Å². The Kier molecular flexibility index (Phi) is 8.62. The summed E-state index contributed by atoms with van der Waals surface area (Å²) in [6, 6.07) is 7.43. The highest BCUT2D eigenvalue weighted by Gasteiger charge is 2.16. The summed E-state index contributed by atoms with van der Waals surface area (Å²) in [5.41, 5.74) is 2.19. The normalized spacial score (nSPS) is 15.1. The highest BCUT2D eigenvalue weighted by Crippen LogP contribution is 2.20. The van der Waals surface area contributed by atoms with E-state index in [2.05, 4.69) is 11.4 Å². The van der Waals surface area contributed by atoms with E-state index in [9.17, 15) is 9.59 Å². The lowest BCUT2D eigenvalue weighted by molar-refractivity contribution is -0.150. The summed E-state index contributed by atoms with van der Waals surface area (Å²) in [6.45, 7) is 4.60. The number of para-hydroxylation sites is 1. The number of carbonyl (C=O) groups is 2. The molecule has 0 saturated heterocycles. The molecule has 1 aromatic rings. The number of ether oxygens (including phenoxy) is 2. The van der Waals surface area contributed by atoms with Gasteiger partial charge in [0, 0.05) is 18.2 Å². The maximum Gasteiger partial charge on any atom is 0.331 e. The first-order valence-corrected chi connectivity index (χ1v) is 9.66. The van der Waals surface area contributed by atoms with E-state index in [0.29, 0.717) is 18.9 Å². The molecule has 0 spiro atoms. The molecule has 0 unspecified atom stereocenters. The van der Waals surface area contributed by atoms with Gasteiger partial charge in [-0.25, -0.2) is 4.79 Å². The first-order chi connectivity index (χ1) is 13.1. The van der Waals surface area contributed by atoms with E-state index in [1.54, 1.807) is 13.0 Å². The summed E-state index contributed by atoms with van der Waals surface area (Å²) < 4.78 is 10.7. The van der Waals surface area contributed by atoms with Gasteiger partial charge in [-0.3, -0.25) is 4.79 Å². The average molecular weight is 371 g/mol. The molecule has 0 bridgehead atoms. The van der Waals surface area contributed by atoms with Gasteiger partial charge in [-0.1, -0.05) is 29.8 Å². The molecule has 146 valence electrons. The Morgan fingerprint density at radius 1 is 1.26 bits per heavy atom. The van der Waals surface area contributed by atoms with Gasteiger partial charge in [0.2, 0.25) is 0 Å². The first-order valence-electron chi connectivity index (χ1n) is 9.66. The van der Waals surface area contributed by atoms with Crippen molar-refractivity contribution in [2.24, 2.45) is 0 Å². The number of esters is 1. The molecule has 2 rings (SSSR count). The van der Waals surface area contributed by atoms with Gasteiger partial charge in [-0.15, -0.1) is 0 Å². The largest absolute Gasteiger partial charge is 0.493 e. The topological polar surface area (TPSA) is 64.6 Å². The summed E-state index contributed by atoms with van der Waals surface area (Å²) in [4.78, 5) is 24.1. The minimum atomic E-state index is -0.829. The third kappa shape index (κ3) is 7.29. The van der Waals surface area contributed by atoms with Crippen LogP contribution in [0.2, 0.25) is 0 Å². The molecule has 0 aromatic heterocycles. The van der Waals surface area contributed by atoms with E-state index in [0.717, 1.165) is 24.8 Å². The van der Waals surface area contributed by atoms with Crippen molar-refractivity contribution in [3.63, 3.8) is 0 Å². The number of amides is 1. The molecule has 0 heterocycles. The van der Waals surface area contributed by atoms with E-state index < -0.39 is 12.1 Å². The SMILES string of the molecule is CCOc1ccccc1/C=C/C(=O)O[C@H](C)C(=O)NCCC1=CCCCC1. The molecule has 1 amide bonds. The second-order valence-corrected chi connectivity index (χ2v) is 6.53.